The summed E-state index contributed by atoms with van der Waals surface area (Å²) in [5.74, 6) is -0.888. The zero-order valence-electron chi connectivity index (χ0n) is 7.05. The van der Waals surface area contributed by atoms with E-state index in [9.17, 15) is 4.79 Å². The second-order valence-electron chi connectivity index (χ2n) is 2.79. The number of carbonyl (C=O) groups is 1. The molecule has 0 aromatic rings. The third kappa shape index (κ3) is 5.85. The Morgan fingerprint density at radius 1 is 1.45 bits per heavy atom. The molecule has 1 atom stereocenters. The molecule has 3 heteroatoms. The number of nitrogens with two attached hydrogens (primary N) is 1. The average molecular weight is 159 g/mol. The van der Waals surface area contributed by atoms with Gasteiger partial charge in [-0.05, 0) is 6.42 Å². The number of carboxylic acids is 1. The molecule has 0 saturated carbocycles. The lowest BCUT2D eigenvalue weighted by atomic mass is 10.1. The molecular formula is C8H17NO2. The Balaban J connectivity index is 3.17. The molecule has 0 heterocycles. The lowest BCUT2D eigenvalue weighted by Crippen LogP contribution is -2.29. The molecular weight excluding hydrogens is 142 g/mol. The normalized spacial score (nSPS) is 12.9. The van der Waals surface area contributed by atoms with Crippen molar-refractivity contribution in [3.63, 3.8) is 0 Å². The molecule has 3 nitrogen and oxygen atoms in total. The van der Waals surface area contributed by atoms with Crippen molar-refractivity contribution in [1.29, 1.82) is 0 Å². The molecule has 0 radical (unpaired) electrons. The van der Waals surface area contributed by atoms with E-state index < -0.39 is 12.0 Å². The van der Waals surface area contributed by atoms with E-state index in [0.29, 0.717) is 6.42 Å². The molecule has 0 spiro atoms. The van der Waals surface area contributed by atoms with Crippen LogP contribution in [0.25, 0.3) is 0 Å². The van der Waals surface area contributed by atoms with Gasteiger partial charge in [0.05, 0.1) is 0 Å². The smallest absolute Gasteiger partial charge is 0.320 e. The summed E-state index contributed by atoms with van der Waals surface area (Å²) in [6, 6.07) is -0.660. The molecule has 3 N–H and O–H groups in total. The van der Waals surface area contributed by atoms with Crippen molar-refractivity contribution in [2.24, 2.45) is 5.73 Å². The summed E-state index contributed by atoms with van der Waals surface area (Å²) in [4.78, 5) is 10.2. The van der Waals surface area contributed by atoms with Gasteiger partial charge in [0, 0.05) is 0 Å². The molecule has 11 heavy (non-hydrogen) atoms. The van der Waals surface area contributed by atoms with Crippen molar-refractivity contribution in [3.05, 3.63) is 0 Å². The molecule has 0 rings (SSSR count). The van der Waals surface area contributed by atoms with Gasteiger partial charge in [-0.15, -0.1) is 0 Å². The molecule has 0 amide bonds. The Kier molecular flexibility index (Phi) is 5.84. The van der Waals surface area contributed by atoms with Gasteiger partial charge >= 0.3 is 5.97 Å². The van der Waals surface area contributed by atoms with Crippen LogP contribution in [0.1, 0.15) is 39.0 Å². The first-order valence-electron chi connectivity index (χ1n) is 4.17. The van der Waals surface area contributed by atoms with Gasteiger partial charge in [0.2, 0.25) is 0 Å². The van der Waals surface area contributed by atoms with Gasteiger partial charge in [0.1, 0.15) is 6.04 Å². The Labute approximate surface area is 67.6 Å². The monoisotopic (exact) mass is 159 g/mol. The van der Waals surface area contributed by atoms with Crippen molar-refractivity contribution < 1.29 is 9.90 Å². The van der Waals surface area contributed by atoms with Gasteiger partial charge in [-0.2, -0.15) is 0 Å². The lowest BCUT2D eigenvalue weighted by Gasteiger charge is -2.04. The van der Waals surface area contributed by atoms with Crippen molar-refractivity contribution >= 4 is 5.97 Å². The van der Waals surface area contributed by atoms with Crippen LogP contribution in [0.4, 0.5) is 0 Å². The van der Waals surface area contributed by atoms with Crippen LogP contribution >= 0.6 is 0 Å². The Morgan fingerprint density at radius 2 is 2.09 bits per heavy atom. The molecule has 0 aromatic heterocycles. The topological polar surface area (TPSA) is 63.3 Å². The summed E-state index contributed by atoms with van der Waals surface area (Å²) in [7, 11) is 0. The van der Waals surface area contributed by atoms with Crippen LogP contribution < -0.4 is 5.73 Å². The van der Waals surface area contributed by atoms with Crippen LogP contribution in [-0.2, 0) is 4.79 Å². The summed E-state index contributed by atoms with van der Waals surface area (Å²) in [6.45, 7) is 2.12. The van der Waals surface area contributed by atoms with Crippen LogP contribution in [0.5, 0.6) is 0 Å². The molecule has 0 aliphatic heterocycles. The van der Waals surface area contributed by atoms with E-state index in [4.69, 9.17) is 10.8 Å². The molecule has 0 aromatic carbocycles. The summed E-state index contributed by atoms with van der Waals surface area (Å²) in [5.41, 5.74) is 5.30. The highest BCUT2D eigenvalue weighted by atomic mass is 16.4. The summed E-state index contributed by atoms with van der Waals surface area (Å²) in [6.07, 6.45) is 4.97. The molecule has 0 saturated heterocycles. The number of unbranched alkanes of at least 4 members (excludes halogenated alkanes) is 3. The van der Waals surface area contributed by atoms with Crippen LogP contribution in [0.15, 0.2) is 0 Å². The lowest BCUT2D eigenvalue weighted by molar-refractivity contribution is -0.138. The summed E-state index contributed by atoms with van der Waals surface area (Å²) < 4.78 is 0. The third-order valence-corrected chi connectivity index (χ3v) is 1.69. The van der Waals surface area contributed by atoms with E-state index in [1.165, 1.54) is 12.8 Å². The minimum Gasteiger partial charge on any atom is -0.480 e. The molecule has 0 aliphatic carbocycles. The first-order valence-corrected chi connectivity index (χ1v) is 4.17. The van der Waals surface area contributed by atoms with Gasteiger partial charge in [-0.1, -0.05) is 32.6 Å². The molecule has 0 aliphatic rings. The first-order chi connectivity index (χ1) is 5.18. The fourth-order valence-corrected chi connectivity index (χ4v) is 0.915. The van der Waals surface area contributed by atoms with E-state index in [-0.39, 0.29) is 0 Å². The summed E-state index contributed by atoms with van der Waals surface area (Å²) >= 11 is 0. The third-order valence-electron chi connectivity index (χ3n) is 1.69. The minimum absolute atomic E-state index is 0.606. The average Bonchev–Trinajstić information content (AvgIpc) is 1.97. The largest absolute Gasteiger partial charge is 0.480 e. The fourth-order valence-electron chi connectivity index (χ4n) is 0.915. The van der Waals surface area contributed by atoms with Gasteiger partial charge in [0.25, 0.3) is 0 Å². The van der Waals surface area contributed by atoms with Crippen molar-refractivity contribution in [2.45, 2.75) is 45.1 Å². The molecule has 66 valence electrons. The first kappa shape index (κ1) is 10.4. The highest BCUT2D eigenvalue weighted by molar-refractivity contribution is 5.72. The standard InChI is InChI=1S/C8H17NO2/c1-2-3-4-5-6-7(9)8(10)11/h7H,2-6,9H2,1H3,(H,10,11). The van der Waals surface area contributed by atoms with Crippen LogP contribution in [0.3, 0.4) is 0 Å². The number of hydrogen-bond donors (Lipinski definition) is 2. The van der Waals surface area contributed by atoms with Gasteiger partial charge < -0.3 is 10.8 Å². The van der Waals surface area contributed by atoms with E-state index in [2.05, 4.69) is 6.92 Å². The SMILES string of the molecule is CCCCCCC(N)C(=O)O. The van der Waals surface area contributed by atoms with E-state index in [0.717, 1.165) is 12.8 Å². The Hall–Kier alpha value is -0.570. The zero-order chi connectivity index (χ0) is 8.69. The fraction of sp³-hybridized carbons (Fsp3) is 0.875. The molecule has 0 bridgehead atoms. The quantitative estimate of drug-likeness (QED) is 0.575. The second kappa shape index (κ2) is 6.16. The van der Waals surface area contributed by atoms with Crippen molar-refractivity contribution in [3.8, 4) is 0 Å². The second-order valence-corrected chi connectivity index (χ2v) is 2.79. The summed E-state index contributed by atoms with van der Waals surface area (Å²) in [5, 5.41) is 8.41. The van der Waals surface area contributed by atoms with Crippen LogP contribution in [0, 0.1) is 0 Å². The number of hydrogen-bond acceptors (Lipinski definition) is 2. The van der Waals surface area contributed by atoms with E-state index in [1.54, 1.807) is 0 Å². The molecule has 0 fully saturated rings. The maximum atomic E-state index is 10.2. The van der Waals surface area contributed by atoms with Gasteiger partial charge in [0.15, 0.2) is 0 Å². The Bertz CT molecular complexity index is 115. The Morgan fingerprint density at radius 3 is 2.55 bits per heavy atom. The number of aliphatic carboxylic acids is 1. The maximum Gasteiger partial charge on any atom is 0.320 e. The van der Waals surface area contributed by atoms with E-state index >= 15 is 0 Å². The van der Waals surface area contributed by atoms with Gasteiger partial charge in [-0.25, -0.2) is 0 Å². The molecule has 1 unspecified atom stereocenters. The maximum absolute atomic E-state index is 10.2. The van der Waals surface area contributed by atoms with Gasteiger partial charge in [-0.3, -0.25) is 4.79 Å². The predicted octanol–water partition coefficient (Wildman–Crippen LogP) is 1.37. The minimum atomic E-state index is -0.888. The van der Waals surface area contributed by atoms with Crippen molar-refractivity contribution in [2.75, 3.05) is 0 Å². The van der Waals surface area contributed by atoms with Crippen LogP contribution in [0.2, 0.25) is 0 Å². The highest BCUT2D eigenvalue weighted by Gasteiger charge is 2.09. The van der Waals surface area contributed by atoms with Crippen LogP contribution in [-0.4, -0.2) is 17.1 Å². The number of carboxylic acid groups (broad SMARTS) is 1. The number of rotatable bonds is 6. The highest BCUT2D eigenvalue weighted by Crippen LogP contribution is 2.03. The zero-order valence-corrected chi connectivity index (χ0v) is 7.05. The predicted molar refractivity (Wildman–Crippen MR) is 44.4 cm³/mol. The van der Waals surface area contributed by atoms with E-state index in [1.807, 2.05) is 0 Å². The van der Waals surface area contributed by atoms with Crippen molar-refractivity contribution in [1.82, 2.24) is 0 Å².